The summed E-state index contributed by atoms with van der Waals surface area (Å²) < 4.78 is 5.49. The van der Waals surface area contributed by atoms with Gasteiger partial charge in [-0.2, -0.15) is 0 Å². The normalized spacial score (nSPS) is 15.0. The number of aromatic nitrogens is 2. The lowest BCUT2D eigenvalue weighted by Crippen LogP contribution is -2.41. The van der Waals surface area contributed by atoms with Crippen LogP contribution in [0.25, 0.3) is 11.1 Å². The molecule has 1 heterocycles. The average molecular weight is 473 g/mol. The van der Waals surface area contributed by atoms with E-state index in [4.69, 9.17) is 4.74 Å². The standard InChI is InChI=1S/C29H36N4O2/c1-3-18-33(25-15-16-27-26(20-25)29(35-2)32-21-31-27)19-8-7-17-30-28(34)24-13-11-23(12-14-24)22-9-5-4-6-10-22/h4-6,9-14,21,25H,3,7-8,15-20H2,1-2H3,(H,30,34). The summed E-state index contributed by atoms with van der Waals surface area (Å²) in [6.45, 7) is 5.03. The zero-order valence-corrected chi connectivity index (χ0v) is 20.9. The van der Waals surface area contributed by atoms with Gasteiger partial charge >= 0.3 is 0 Å². The number of hydrogen-bond donors (Lipinski definition) is 1. The third-order valence-corrected chi connectivity index (χ3v) is 6.78. The van der Waals surface area contributed by atoms with Gasteiger partial charge in [0.25, 0.3) is 5.91 Å². The number of nitrogens with one attached hydrogen (secondary N) is 1. The van der Waals surface area contributed by atoms with E-state index in [1.165, 1.54) is 0 Å². The summed E-state index contributed by atoms with van der Waals surface area (Å²) in [4.78, 5) is 23.9. The summed E-state index contributed by atoms with van der Waals surface area (Å²) in [7, 11) is 1.68. The second-order valence-corrected chi connectivity index (χ2v) is 9.15. The first-order chi connectivity index (χ1) is 17.2. The van der Waals surface area contributed by atoms with Gasteiger partial charge in [-0.05, 0) is 74.9 Å². The number of amides is 1. The Bertz CT molecular complexity index is 1070. The van der Waals surface area contributed by atoms with Crippen molar-refractivity contribution in [2.24, 2.45) is 0 Å². The quantitative estimate of drug-likeness (QED) is 0.401. The van der Waals surface area contributed by atoms with Gasteiger partial charge in [0.05, 0.1) is 12.8 Å². The Kier molecular flexibility index (Phi) is 8.85. The van der Waals surface area contributed by atoms with Gasteiger partial charge in [0, 0.05) is 23.7 Å². The number of hydrogen-bond acceptors (Lipinski definition) is 5. The topological polar surface area (TPSA) is 67.4 Å². The number of fused-ring (bicyclic) bond motifs is 1. The fraction of sp³-hybridized carbons (Fsp3) is 0.414. The van der Waals surface area contributed by atoms with E-state index in [1.54, 1.807) is 13.4 Å². The van der Waals surface area contributed by atoms with E-state index >= 15 is 0 Å². The predicted molar refractivity (Wildman–Crippen MR) is 140 cm³/mol. The van der Waals surface area contributed by atoms with Gasteiger partial charge in [-0.15, -0.1) is 0 Å². The van der Waals surface area contributed by atoms with Crippen LogP contribution >= 0.6 is 0 Å². The maximum atomic E-state index is 12.6. The number of carbonyl (C=O) groups excluding carboxylic acids is 1. The van der Waals surface area contributed by atoms with Crippen LogP contribution in [0.3, 0.4) is 0 Å². The molecule has 1 aromatic heterocycles. The predicted octanol–water partition coefficient (Wildman–Crippen LogP) is 4.93. The highest BCUT2D eigenvalue weighted by Gasteiger charge is 2.27. The Morgan fingerprint density at radius 3 is 2.54 bits per heavy atom. The van der Waals surface area contributed by atoms with Gasteiger partial charge in [-0.3, -0.25) is 4.79 Å². The molecule has 35 heavy (non-hydrogen) atoms. The molecule has 0 bridgehead atoms. The Morgan fingerprint density at radius 1 is 1.03 bits per heavy atom. The van der Waals surface area contributed by atoms with E-state index in [0.29, 0.717) is 18.2 Å². The van der Waals surface area contributed by atoms with E-state index in [9.17, 15) is 4.79 Å². The van der Waals surface area contributed by atoms with Crippen molar-refractivity contribution in [3.05, 3.63) is 77.7 Å². The minimum absolute atomic E-state index is 0.00833. The maximum absolute atomic E-state index is 12.6. The highest BCUT2D eigenvalue weighted by Crippen LogP contribution is 2.29. The Balaban J connectivity index is 1.23. The van der Waals surface area contributed by atoms with Crippen molar-refractivity contribution >= 4 is 5.91 Å². The smallest absolute Gasteiger partial charge is 0.251 e. The first-order valence-electron chi connectivity index (χ1n) is 12.7. The molecule has 4 rings (SSSR count). The zero-order chi connectivity index (χ0) is 24.5. The number of rotatable bonds is 11. The molecule has 1 aliphatic carbocycles. The van der Waals surface area contributed by atoms with Crippen LogP contribution in [0.15, 0.2) is 60.9 Å². The van der Waals surface area contributed by atoms with Crippen molar-refractivity contribution in [1.82, 2.24) is 20.2 Å². The second kappa shape index (κ2) is 12.5. The number of ether oxygens (including phenoxy) is 1. The van der Waals surface area contributed by atoms with Crippen LogP contribution in [-0.4, -0.2) is 53.6 Å². The van der Waals surface area contributed by atoms with Crippen molar-refractivity contribution in [2.75, 3.05) is 26.7 Å². The number of unbranched alkanes of at least 4 members (excludes halogenated alkanes) is 1. The minimum atomic E-state index is -0.00833. The lowest BCUT2D eigenvalue weighted by molar-refractivity contribution is 0.0952. The first-order valence-corrected chi connectivity index (χ1v) is 12.7. The van der Waals surface area contributed by atoms with Crippen molar-refractivity contribution in [2.45, 2.75) is 51.5 Å². The van der Waals surface area contributed by atoms with E-state index < -0.39 is 0 Å². The summed E-state index contributed by atoms with van der Waals surface area (Å²) in [6.07, 6.45) is 7.77. The van der Waals surface area contributed by atoms with Crippen LogP contribution in [0.4, 0.5) is 0 Å². The molecule has 0 fully saturated rings. The van der Waals surface area contributed by atoms with Crippen LogP contribution in [0, 0.1) is 0 Å². The molecule has 1 unspecified atom stereocenters. The first kappa shape index (κ1) is 24.9. The molecular formula is C29H36N4O2. The molecule has 3 aromatic rings. The fourth-order valence-electron chi connectivity index (χ4n) is 4.93. The Labute approximate surface area is 208 Å². The molecular weight excluding hydrogens is 436 g/mol. The van der Waals surface area contributed by atoms with Crippen molar-refractivity contribution in [3.8, 4) is 17.0 Å². The number of benzene rings is 2. The third kappa shape index (κ3) is 6.45. The largest absolute Gasteiger partial charge is 0.481 e. The summed E-state index contributed by atoms with van der Waals surface area (Å²) >= 11 is 0. The SMILES string of the molecule is CCCN(CCCCNC(=O)c1ccc(-c2ccccc2)cc1)C1CCc2ncnc(OC)c2C1. The summed E-state index contributed by atoms with van der Waals surface area (Å²) in [5.41, 5.74) is 5.27. The third-order valence-electron chi connectivity index (χ3n) is 6.78. The minimum Gasteiger partial charge on any atom is -0.481 e. The maximum Gasteiger partial charge on any atom is 0.251 e. The molecule has 1 aliphatic rings. The van der Waals surface area contributed by atoms with Gasteiger partial charge in [0.2, 0.25) is 5.88 Å². The van der Waals surface area contributed by atoms with Crippen LogP contribution in [-0.2, 0) is 12.8 Å². The highest BCUT2D eigenvalue weighted by molar-refractivity contribution is 5.94. The van der Waals surface area contributed by atoms with Gasteiger partial charge in [0.1, 0.15) is 6.33 Å². The van der Waals surface area contributed by atoms with E-state index in [2.05, 4.69) is 39.2 Å². The summed E-state index contributed by atoms with van der Waals surface area (Å²) in [5.74, 6) is 0.710. The average Bonchev–Trinajstić information content (AvgIpc) is 2.92. The molecule has 0 radical (unpaired) electrons. The molecule has 0 aliphatic heterocycles. The van der Waals surface area contributed by atoms with Crippen LogP contribution in [0.5, 0.6) is 5.88 Å². The molecule has 0 saturated heterocycles. The van der Waals surface area contributed by atoms with Crippen LogP contribution < -0.4 is 10.1 Å². The molecule has 1 amide bonds. The number of aryl methyl sites for hydroxylation is 1. The van der Waals surface area contributed by atoms with Crippen LogP contribution in [0.1, 0.15) is 54.2 Å². The fourth-order valence-corrected chi connectivity index (χ4v) is 4.93. The lowest BCUT2D eigenvalue weighted by Gasteiger charge is -2.35. The van der Waals surface area contributed by atoms with Crippen LogP contribution in [0.2, 0.25) is 0 Å². The monoisotopic (exact) mass is 472 g/mol. The van der Waals surface area contributed by atoms with Gasteiger partial charge in [-0.1, -0.05) is 49.4 Å². The van der Waals surface area contributed by atoms with E-state index in [-0.39, 0.29) is 5.91 Å². The van der Waals surface area contributed by atoms with Gasteiger partial charge in [0.15, 0.2) is 0 Å². The summed E-state index contributed by atoms with van der Waals surface area (Å²) in [5, 5.41) is 3.08. The lowest BCUT2D eigenvalue weighted by atomic mass is 9.91. The molecule has 6 nitrogen and oxygen atoms in total. The number of methoxy groups -OCH3 is 1. The van der Waals surface area contributed by atoms with Crippen molar-refractivity contribution in [3.63, 3.8) is 0 Å². The molecule has 6 heteroatoms. The van der Waals surface area contributed by atoms with Crippen molar-refractivity contribution in [1.29, 1.82) is 0 Å². The highest BCUT2D eigenvalue weighted by atomic mass is 16.5. The molecule has 0 spiro atoms. The number of nitrogens with zero attached hydrogens (tertiary/aromatic N) is 3. The number of carbonyl (C=O) groups is 1. The van der Waals surface area contributed by atoms with Crippen molar-refractivity contribution < 1.29 is 9.53 Å². The molecule has 184 valence electrons. The zero-order valence-electron chi connectivity index (χ0n) is 20.9. The molecule has 0 saturated carbocycles. The van der Waals surface area contributed by atoms with Gasteiger partial charge < -0.3 is 15.0 Å². The molecule has 2 aromatic carbocycles. The summed E-state index contributed by atoms with van der Waals surface area (Å²) in [6, 6.07) is 18.5. The Morgan fingerprint density at radius 2 is 1.80 bits per heavy atom. The van der Waals surface area contributed by atoms with E-state index in [1.807, 2.05) is 42.5 Å². The Hall–Kier alpha value is -3.25. The van der Waals surface area contributed by atoms with E-state index in [0.717, 1.165) is 79.9 Å². The van der Waals surface area contributed by atoms with Gasteiger partial charge in [-0.25, -0.2) is 9.97 Å². The molecule has 1 N–H and O–H groups in total. The second-order valence-electron chi connectivity index (χ2n) is 9.15. The molecule has 1 atom stereocenters.